The lowest BCUT2D eigenvalue weighted by Crippen LogP contribution is -2.49. The summed E-state index contributed by atoms with van der Waals surface area (Å²) < 4.78 is 6.01. The molecule has 0 unspecified atom stereocenters. The van der Waals surface area contributed by atoms with Crippen LogP contribution in [0, 0.1) is 49.4 Å². The molecule has 0 spiro atoms. The maximum absolute atomic E-state index is 13.8. The Labute approximate surface area is 234 Å². The van der Waals surface area contributed by atoms with Crippen LogP contribution in [0.4, 0.5) is 5.69 Å². The van der Waals surface area contributed by atoms with Gasteiger partial charge in [0.15, 0.2) is 0 Å². The number of hydrogen-bond donors (Lipinski definition) is 1. The highest BCUT2D eigenvalue weighted by atomic mass is 16.5. The van der Waals surface area contributed by atoms with Gasteiger partial charge in [-0.1, -0.05) is 48.6 Å². The fraction of sp³-hybridized carbons (Fsp3) is 0.324. The summed E-state index contributed by atoms with van der Waals surface area (Å²) in [7, 11) is 0. The lowest BCUT2D eigenvalue weighted by atomic mass is 9.63. The number of nitrogens with zero attached hydrogens (tertiary/aromatic N) is 1. The highest BCUT2D eigenvalue weighted by molar-refractivity contribution is 6.10. The molecule has 8 rings (SSSR count). The molecule has 202 valence electrons. The molecule has 5 aliphatic rings. The predicted molar refractivity (Wildman–Crippen MR) is 152 cm³/mol. The standard InChI is InChI=1S/C34H32N2O4/c1-19-14-20(2)16-24(15-19)40-23-10-8-22(9-11-23)35-32(37)29(17-21-6-4-3-5-7-21)36-33(38)30-25-12-13-26(28-18-27(25)28)31(30)34(36)39/h3-16,25-31H,17-18H2,1-2H3,(H,35,37)/t25-,26-,27-,28+,29+,30+,31+/m1/s1. The maximum atomic E-state index is 13.8. The van der Waals surface area contributed by atoms with Crippen molar-refractivity contribution in [3.05, 3.63) is 102 Å². The Balaban J connectivity index is 1.12. The van der Waals surface area contributed by atoms with Crippen LogP contribution in [0.2, 0.25) is 0 Å². The van der Waals surface area contributed by atoms with Crippen LogP contribution in [0.3, 0.4) is 0 Å². The van der Waals surface area contributed by atoms with E-state index in [0.717, 1.165) is 28.9 Å². The summed E-state index contributed by atoms with van der Waals surface area (Å²) in [6.45, 7) is 4.05. The van der Waals surface area contributed by atoms with E-state index >= 15 is 0 Å². The molecule has 7 atom stereocenters. The van der Waals surface area contributed by atoms with Crippen molar-refractivity contribution in [1.82, 2.24) is 4.90 Å². The van der Waals surface area contributed by atoms with Crippen LogP contribution >= 0.6 is 0 Å². The number of amides is 3. The number of allylic oxidation sites excluding steroid dienone is 2. The molecule has 4 aliphatic carbocycles. The van der Waals surface area contributed by atoms with E-state index in [1.807, 2.05) is 56.3 Å². The van der Waals surface area contributed by atoms with Crippen molar-refractivity contribution < 1.29 is 19.1 Å². The Morgan fingerprint density at radius 1 is 0.850 bits per heavy atom. The Bertz CT molecular complexity index is 1470. The van der Waals surface area contributed by atoms with Gasteiger partial charge in [0.2, 0.25) is 17.7 Å². The van der Waals surface area contributed by atoms with Crippen LogP contribution in [0.25, 0.3) is 0 Å². The number of benzene rings is 3. The van der Waals surface area contributed by atoms with Crippen LogP contribution < -0.4 is 10.1 Å². The predicted octanol–water partition coefficient (Wildman–Crippen LogP) is 5.70. The van der Waals surface area contributed by atoms with Crippen molar-refractivity contribution in [1.29, 1.82) is 0 Å². The lowest BCUT2D eigenvalue weighted by Gasteiger charge is -2.37. The van der Waals surface area contributed by atoms with Crippen molar-refractivity contribution in [2.24, 2.45) is 35.5 Å². The van der Waals surface area contributed by atoms with Gasteiger partial charge < -0.3 is 10.1 Å². The van der Waals surface area contributed by atoms with Crippen LogP contribution in [-0.2, 0) is 20.8 Å². The Kier molecular flexibility index (Phi) is 5.88. The SMILES string of the molecule is Cc1cc(C)cc(Oc2ccc(NC(=O)[C@H](Cc3ccccc3)N3C(=O)[C@H]4[C@@H]5C=C[C@H]([C@@H]6C[C@H]56)[C@@H]4C3=O)cc2)c1. The molecule has 1 saturated heterocycles. The van der Waals surface area contributed by atoms with E-state index < -0.39 is 6.04 Å². The summed E-state index contributed by atoms with van der Waals surface area (Å²) in [4.78, 5) is 42.8. The van der Waals surface area contributed by atoms with Gasteiger partial charge >= 0.3 is 0 Å². The lowest BCUT2D eigenvalue weighted by molar-refractivity contribution is -0.146. The minimum Gasteiger partial charge on any atom is -0.457 e. The first kappa shape index (κ1) is 24.8. The summed E-state index contributed by atoms with van der Waals surface area (Å²) >= 11 is 0. The first-order valence-corrected chi connectivity index (χ1v) is 14.1. The zero-order valence-electron chi connectivity index (χ0n) is 22.6. The molecular weight excluding hydrogens is 500 g/mol. The molecule has 0 radical (unpaired) electrons. The second-order valence-corrected chi connectivity index (χ2v) is 11.8. The van der Waals surface area contributed by atoms with Crippen LogP contribution in [-0.4, -0.2) is 28.7 Å². The van der Waals surface area contributed by atoms with Crippen LogP contribution in [0.5, 0.6) is 11.5 Å². The largest absolute Gasteiger partial charge is 0.457 e. The maximum Gasteiger partial charge on any atom is 0.248 e. The average Bonchev–Trinajstić information content (AvgIpc) is 3.72. The zero-order chi connectivity index (χ0) is 27.5. The Morgan fingerprint density at radius 2 is 1.45 bits per heavy atom. The van der Waals surface area contributed by atoms with Gasteiger partial charge in [0.05, 0.1) is 11.8 Å². The zero-order valence-corrected chi connectivity index (χ0v) is 22.6. The number of nitrogens with one attached hydrogen (secondary N) is 1. The number of hydrogen-bond acceptors (Lipinski definition) is 4. The Morgan fingerprint density at radius 3 is 2.05 bits per heavy atom. The van der Waals surface area contributed by atoms with Crippen molar-refractivity contribution in [2.75, 3.05) is 5.32 Å². The highest BCUT2D eigenvalue weighted by Crippen LogP contribution is 2.65. The molecule has 2 saturated carbocycles. The number of carbonyl (C=O) groups is 3. The molecule has 0 aromatic heterocycles. The van der Waals surface area contributed by atoms with Gasteiger partial charge in [-0.3, -0.25) is 19.3 Å². The molecular formula is C34H32N2O4. The summed E-state index contributed by atoms with van der Waals surface area (Å²) in [6.07, 6.45) is 5.69. The first-order valence-electron chi connectivity index (χ1n) is 14.1. The third kappa shape index (κ3) is 4.23. The molecule has 40 heavy (non-hydrogen) atoms. The number of anilines is 1. The smallest absolute Gasteiger partial charge is 0.248 e. The van der Waals surface area contributed by atoms with Gasteiger partial charge in [-0.25, -0.2) is 0 Å². The quantitative estimate of drug-likeness (QED) is 0.313. The molecule has 1 heterocycles. The van der Waals surface area contributed by atoms with Gasteiger partial charge in [-0.2, -0.15) is 0 Å². The van der Waals surface area contributed by atoms with Gasteiger partial charge in [0.1, 0.15) is 17.5 Å². The minimum absolute atomic E-state index is 0.117. The van der Waals surface area contributed by atoms with E-state index in [0.29, 0.717) is 23.3 Å². The van der Waals surface area contributed by atoms with Gasteiger partial charge in [-0.05, 0) is 97.0 Å². The molecule has 2 bridgehead atoms. The number of imide groups is 1. The van der Waals surface area contributed by atoms with Gasteiger partial charge in [0.25, 0.3) is 0 Å². The third-order valence-electron chi connectivity index (χ3n) is 9.14. The number of carbonyl (C=O) groups excluding carboxylic acids is 3. The molecule has 3 amide bonds. The van der Waals surface area contributed by atoms with E-state index in [-0.39, 0.29) is 47.8 Å². The van der Waals surface area contributed by atoms with Crippen molar-refractivity contribution in [3.63, 3.8) is 0 Å². The van der Waals surface area contributed by atoms with Gasteiger partial charge in [0, 0.05) is 12.1 Å². The third-order valence-corrected chi connectivity index (χ3v) is 9.14. The molecule has 1 N–H and O–H groups in total. The van der Waals surface area contributed by atoms with Gasteiger partial charge in [-0.15, -0.1) is 0 Å². The molecule has 3 aromatic rings. The van der Waals surface area contributed by atoms with Crippen molar-refractivity contribution >= 4 is 23.4 Å². The second kappa shape index (κ2) is 9.47. The van der Waals surface area contributed by atoms with E-state index in [1.165, 1.54) is 4.90 Å². The normalized spacial score (nSPS) is 28.2. The summed E-state index contributed by atoms with van der Waals surface area (Å²) in [5.41, 5.74) is 3.72. The van der Waals surface area contributed by atoms with Crippen molar-refractivity contribution in [2.45, 2.75) is 32.7 Å². The summed E-state index contributed by atoms with van der Waals surface area (Å²) in [5, 5.41) is 2.97. The summed E-state index contributed by atoms with van der Waals surface area (Å²) in [6, 6.07) is 21.9. The molecule has 3 fully saturated rings. The first-order chi connectivity index (χ1) is 19.4. The Hall–Kier alpha value is -4.19. The monoisotopic (exact) mass is 532 g/mol. The average molecular weight is 533 g/mol. The fourth-order valence-corrected chi connectivity index (χ4v) is 7.39. The summed E-state index contributed by atoms with van der Waals surface area (Å²) in [5.74, 6) is 1.26. The molecule has 3 aromatic carbocycles. The van der Waals surface area contributed by atoms with Crippen molar-refractivity contribution in [3.8, 4) is 11.5 Å². The second-order valence-electron chi connectivity index (χ2n) is 11.8. The number of rotatable bonds is 7. The fourth-order valence-electron chi connectivity index (χ4n) is 7.39. The van der Waals surface area contributed by atoms with Crippen LogP contribution in [0.1, 0.15) is 23.1 Å². The highest BCUT2D eigenvalue weighted by Gasteiger charge is 2.67. The topological polar surface area (TPSA) is 75.7 Å². The van der Waals surface area contributed by atoms with E-state index in [9.17, 15) is 14.4 Å². The molecule has 6 heteroatoms. The minimum atomic E-state index is -0.921. The number of ether oxygens (including phenoxy) is 1. The number of likely N-dealkylation sites (tertiary alicyclic amines) is 1. The van der Waals surface area contributed by atoms with E-state index in [2.05, 4.69) is 23.5 Å². The molecule has 1 aliphatic heterocycles. The van der Waals surface area contributed by atoms with E-state index in [1.54, 1.807) is 24.3 Å². The van der Waals surface area contributed by atoms with Crippen LogP contribution in [0.15, 0.2) is 84.9 Å². The van der Waals surface area contributed by atoms with E-state index in [4.69, 9.17) is 4.74 Å². The molecule has 6 nitrogen and oxygen atoms in total. The number of aryl methyl sites for hydroxylation is 2.